The molecule has 0 heterocycles. The maximum atomic E-state index is 14.5. The second kappa shape index (κ2) is 13.0. The Morgan fingerprint density at radius 1 is 0.778 bits per heavy atom. The first kappa shape index (κ1) is 27.1. The van der Waals surface area contributed by atoms with Crippen molar-refractivity contribution in [3.05, 3.63) is 53.6 Å². The van der Waals surface area contributed by atoms with Crippen LogP contribution >= 0.6 is 0 Å². The van der Waals surface area contributed by atoms with Gasteiger partial charge in [-0.1, -0.05) is 37.1 Å². The largest absolute Gasteiger partial charge is 0.491 e. The van der Waals surface area contributed by atoms with Gasteiger partial charge in [0, 0.05) is 25.7 Å². The highest BCUT2D eigenvalue weighted by Crippen LogP contribution is 2.43. The molecule has 198 valence electrons. The maximum absolute atomic E-state index is 14.5. The predicted molar refractivity (Wildman–Crippen MR) is 140 cm³/mol. The van der Waals surface area contributed by atoms with Crippen molar-refractivity contribution >= 4 is 0 Å². The van der Waals surface area contributed by atoms with Gasteiger partial charge in [-0.15, -0.1) is 0 Å². The van der Waals surface area contributed by atoms with Gasteiger partial charge in [0.05, 0.1) is 6.61 Å². The van der Waals surface area contributed by atoms with Crippen molar-refractivity contribution < 1.29 is 23.0 Å². The Hall–Kier alpha value is -1.98. The summed E-state index contributed by atoms with van der Waals surface area (Å²) in [7, 11) is 3.50. The molecule has 0 spiro atoms. The number of hydrogen-bond donors (Lipinski definition) is 0. The van der Waals surface area contributed by atoms with Gasteiger partial charge in [-0.3, -0.25) is 0 Å². The second-order valence-electron chi connectivity index (χ2n) is 10.7. The first-order valence-corrected chi connectivity index (χ1v) is 13.8. The van der Waals surface area contributed by atoms with Crippen LogP contribution in [-0.2, 0) is 15.9 Å². The zero-order chi connectivity index (χ0) is 25.5. The molecule has 0 aromatic heterocycles. The predicted octanol–water partition coefficient (Wildman–Crippen LogP) is 8.19. The molecule has 3 nitrogen and oxygen atoms in total. The molecule has 0 N–H and O–H groups in total. The van der Waals surface area contributed by atoms with E-state index in [4.69, 9.17) is 14.2 Å². The third-order valence-corrected chi connectivity index (χ3v) is 8.68. The summed E-state index contributed by atoms with van der Waals surface area (Å²) in [5, 5.41) is 0. The average molecular weight is 501 g/mol. The summed E-state index contributed by atoms with van der Waals surface area (Å²) in [6, 6.07) is 11.0. The van der Waals surface area contributed by atoms with Gasteiger partial charge in [0.1, 0.15) is 0 Å². The van der Waals surface area contributed by atoms with Gasteiger partial charge in [-0.25, -0.2) is 4.39 Å². The van der Waals surface area contributed by atoms with E-state index in [0.717, 1.165) is 24.2 Å². The molecule has 5 heteroatoms. The number of aryl methyl sites for hydroxylation is 1. The molecule has 0 radical (unpaired) electrons. The Morgan fingerprint density at radius 3 is 1.97 bits per heavy atom. The molecule has 2 aliphatic rings. The molecule has 0 unspecified atom stereocenters. The molecule has 2 aromatic rings. The van der Waals surface area contributed by atoms with Crippen LogP contribution in [0.3, 0.4) is 0 Å². The van der Waals surface area contributed by atoms with Crippen LogP contribution in [0.1, 0.15) is 70.3 Å². The van der Waals surface area contributed by atoms with Crippen molar-refractivity contribution in [3.8, 4) is 16.9 Å². The first-order valence-electron chi connectivity index (χ1n) is 13.8. The van der Waals surface area contributed by atoms with Crippen LogP contribution in [0, 0.1) is 35.3 Å². The summed E-state index contributed by atoms with van der Waals surface area (Å²) in [4.78, 5) is 0. The van der Waals surface area contributed by atoms with E-state index < -0.39 is 11.6 Å². The topological polar surface area (TPSA) is 27.7 Å². The summed E-state index contributed by atoms with van der Waals surface area (Å²) in [5.41, 5.74) is 2.22. The lowest BCUT2D eigenvalue weighted by molar-refractivity contribution is -0.146. The highest BCUT2D eigenvalue weighted by atomic mass is 19.2. The monoisotopic (exact) mass is 500 g/mol. The lowest BCUT2D eigenvalue weighted by atomic mass is 9.68. The molecule has 36 heavy (non-hydrogen) atoms. The van der Waals surface area contributed by atoms with E-state index in [1.807, 2.05) is 12.1 Å². The molecule has 2 fully saturated rings. The van der Waals surface area contributed by atoms with Crippen molar-refractivity contribution in [3.63, 3.8) is 0 Å². The van der Waals surface area contributed by atoms with Crippen LogP contribution in [0.5, 0.6) is 5.75 Å². The van der Waals surface area contributed by atoms with E-state index in [1.54, 1.807) is 27.2 Å². The van der Waals surface area contributed by atoms with Crippen molar-refractivity contribution in [2.24, 2.45) is 23.7 Å². The van der Waals surface area contributed by atoms with Crippen LogP contribution in [0.25, 0.3) is 11.1 Å². The minimum Gasteiger partial charge on any atom is -0.491 e. The number of rotatable bonds is 10. The van der Waals surface area contributed by atoms with E-state index in [-0.39, 0.29) is 17.6 Å². The lowest BCUT2D eigenvalue weighted by Crippen LogP contribution is -2.32. The van der Waals surface area contributed by atoms with E-state index >= 15 is 0 Å². The third-order valence-electron chi connectivity index (χ3n) is 8.68. The zero-order valence-electron chi connectivity index (χ0n) is 22.1. The standard InChI is InChI=1S/C31H42F2O3/c1-4-36-28-20-19-27(29(32)30(28)33)25-13-9-22(10-14-25)6-5-21-7-11-23(12-8-21)24-15-17-26(18-16-24)31(34-2)35-3/h9-10,13-14,19-21,23-24,26,31H,4-8,11-12,15-18H2,1-3H3. The molecule has 4 rings (SSSR count). The molecular weight excluding hydrogens is 458 g/mol. The number of benzene rings is 2. The normalized spacial score (nSPS) is 24.7. The fraction of sp³-hybridized carbons (Fsp3) is 0.613. The number of ether oxygens (including phenoxy) is 3. The molecule has 0 aliphatic heterocycles. The maximum Gasteiger partial charge on any atom is 0.201 e. The van der Waals surface area contributed by atoms with Gasteiger partial charge in [-0.05, 0) is 99.3 Å². The van der Waals surface area contributed by atoms with Gasteiger partial charge < -0.3 is 14.2 Å². The summed E-state index contributed by atoms with van der Waals surface area (Å²) in [6.07, 6.45) is 12.7. The van der Waals surface area contributed by atoms with Gasteiger partial charge in [-0.2, -0.15) is 4.39 Å². The van der Waals surface area contributed by atoms with Crippen LogP contribution in [0.15, 0.2) is 36.4 Å². The Morgan fingerprint density at radius 2 is 1.39 bits per heavy atom. The molecule has 0 bridgehead atoms. The minimum absolute atomic E-state index is 0.0383. The SMILES string of the molecule is CCOc1ccc(-c2ccc(CCC3CCC(C4CCC(C(OC)OC)CC4)CC3)cc2)c(F)c1F. The van der Waals surface area contributed by atoms with E-state index in [1.165, 1.54) is 69.4 Å². The zero-order valence-corrected chi connectivity index (χ0v) is 22.1. The molecule has 0 atom stereocenters. The number of hydrogen-bond acceptors (Lipinski definition) is 3. The van der Waals surface area contributed by atoms with E-state index in [9.17, 15) is 8.78 Å². The van der Waals surface area contributed by atoms with Crippen LogP contribution in [0.2, 0.25) is 0 Å². The Kier molecular flexibility index (Phi) is 9.78. The van der Waals surface area contributed by atoms with Crippen molar-refractivity contribution in [2.75, 3.05) is 20.8 Å². The van der Waals surface area contributed by atoms with Crippen LogP contribution in [0.4, 0.5) is 8.78 Å². The van der Waals surface area contributed by atoms with E-state index in [2.05, 4.69) is 12.1 Å². The quantitative estimate of drug-likeness (QED) is 0.308. The van der Waals surface area contributed by atoms with Crippen LogP contribution < -0.4 is 4.74 Å². The second-order valence-corrected chi connectivity index (χ2v) is 10.7. The molecule has 2 aliphatic carbocycles. The lowest BCUT2D eigenvalue weighted by Gasteiger charge is -2.39. The van der Waals surface area contributed by atoms with Crippen molar-refractivity contribution in [2.45, 2.75) is 77.4 Å². The molecule has 2 aromatic carbocycles. The minimum atomic E-state index is -0.920. The third kappa shape index (κ3) is 6.47. The highest BCUT2D eigenvalue weighted by Gasteiger charge is 2.33. The Balaban J connectivity index is 1.22. The summed E-state index contributed by atoms with van der Waals surface area (Å²) in [5.74, 6) is 1.28. The van der Waals surface area contributed by atoms with E-state index in [0.29, 0.717) is 18.1 Å². The Labute approximate surface area is 215 Å². The number of methoxy groups -OCH3 is 2. The van der Waals surface area contributed by atoms with Crippen molar-refractivity contribution in [1.82, 2.24) is 0 Å². The van der Waals surface area contributed by atoms with Gasteiger partial charge >= 0.3 is 0 Å². The first-order chi connectivity index (χ1) is 17.5. The van der Waals surface area contributed by atoms with Gasteiger partial charge in [0.2, 0.25) is 5.82 Å². The van der Waals surface area contributed by atoms with Gasteiger partial charge in [0.15, 0.2) is 17.9 Å². The number of halogens is 2. The Bertz CT molecular complexity index is 941. The molecular formula is C31H42F2O3. The summed E-state index contributed by atoms with van der Waals surface area (Å²) in [6.45, 7) is 2.06. The smallest absolute Gasteiger partial charge is 0.201 e. The van der Waals surface area contributed by atoms with Crippen molar-refractivity contribution in [1.29, 1.82) is 0 Å². The molecule has 2 saturated carbocycles. The fourth-order valence-corrected chi connectivity index (χ4v) is 6.56. The average Bonchev–Trinajstić information content (AvgIpc) is 2.92. The fourth-order valence-electron chi connectivity index (χ4n) is 6.56. The summed E-state index contributed by atoms with van der Waals surface area (Å²) >= 11 is 0. The van der Waals surface area contributed by atoms with Gasteiger partial charge in [0.25, 0.3) is 0 Å². The molecule has 0 saturated heterocycles. The molecule has 0 amide bonds. The van der Waals surface area contributed by atoms with Crippen LogP contribution in [-0.4, -0.2) is 27.1 Å². The summed E-state index contributed by atoms with van der Waals surface area (Å²) < 4.78 is 44.9. The highest BCUT2D eigenvalue weighted by molar-refractivity contribution is 5.65.